The summed E-state index contributed by atoms with van der Waals surface area (Å²) >= 11 is 0. The van der Waals surface area contributed by atoms with E-state index in [9.17, 15) is 13.6 Å². The summed E-state index contributed by atoms with van der Waals surface area (Å²) in [7, 11) is 0. The van der Waals surface area contributed by atoms with Crippen molar-refractivity contribution in [1.82, 2.24) is 4.90 Å². The second kappa shape index (κ2) is 7.96. The molecular weight excluding hydrogens is 292 g/mol. The van der Waals surface area contributed by atoms with Gasteiger partial charge < -0.3 is 14.7 Å². The van der Waals surface area contributed by atoms with Gasteiger partial charge in [0.15, 0.2) is 0 Å². The summed E-state index contributed by atoms with van der Waals surface area (Å²) in [4.78, 5) is 12.3. The molecule has 122 valence electrons. The van der Waals surface area contributed by atoms with Gasteiger partial charge in [-0.15, -0.1) is 0 Å². The fourth-order valence-corrected chi connectivity index (χ4v) is 2.92. The zero-order valence-corrected chi connectivity index (χ0v) is 12.4. The highest BCUT2D eigenvalue weighted by atomic mass is 19.3. The molecule has 1 aliphatic rings. The summed E-state index contributed by atoms with van der Waals surface area (Å²) in [6, 6.07) is 6.87. The summed E-state index contributed by atoms with van der Waals surface area (Å²) in [5.74, 6) is 0.761. The first-order chi connectivity index (χ1) is 10.6. The number of para-hydroxylation sites is 1. The first-order valence-corrected chi connectivity index (χ1v) is 7.57. The predicted molar refractivity (Wildman–Crippen MR) is 78.3 cm³/mol. The summed E-state index contributed by atoms with van der Waals surface area (Å²) in [5, 5.41) is 8.90. The molecule has 0 radical (unpaired) electrons. The van der Waals surface area contributed by atoms with E-state index in [2.05, 4.69) is 4.74 Å². The zero-order chi connectivity index (χ0) is 15.9. The quantitative estimate of drug-likeness (QED) is 0.863. The number of hydrogen-bond donors (Lipinski definition) is 1. The molecule has 0 atom stereocenters. The third kappa shape index (κ3) is 4.86. The molecular formula is C16H21F2NO3. The Hall–Kier alpha value is -1.85. The minimum absolute atomic E-state index is 0.248. The van der Waals surface area contributed by atoms with Crippen LogP contribution in [0.4, 0.5) is 13.6 Å². The predicted octanol–water partition coefficient (Wildman–Crippen LogP) is 4.00. The first kappa shape index (κ1) is 16.5. The van der Waals surface area contributed by atoms with E-state index < -0.39 is 12.7 Å². The van der Waals surface area contributed by atoms with Crippen LogP contribution in [0.2, 0.25) is 0 Å². The van der Waals surface area contributed by atoms with Crippen LogP contribution in [-0.2, 0) is 6.42 Å². The molecule has 0 saturated carbocycles. The monoisotopic (exact) mass is 313 g/mol. The molecule has 22 heavy (non-hydrogen) atoms. The van der Waals surface area contributed by atoms with E-state index in [4.69, 9.17) is 5.11 Å². The average molecular weight is 313 g/mol. The van der Waals surface area contributed by atoms with Crippen molar-refractivity contribution in [1.29, 1.82) is 0 Å². The normalized spacial score (nSPS) is 16.0. The molecule has 1 N–H and O–H groups in total. The molecule has 0 bridgehead atoms. The maximum atomic E-state index is 12.3. The van der Waals surface area contributed by atoms with Crippen LogP contribution in [-0.4, -0.2) is 35.8 Å². The number of likely N-dealkylation sites (tertiary alicyclic amines) is 1. The molecule has 2 rings (SSSR count). The van der Waals surface area contributed by atoms with Crippen molar-refractivity contribution in [3.05, 3.63) is 29.8 Å². The third-order valence-electron chi connectivity index (χ3n) is 4.13. The summed E-state index contributed by atoms with van der Waals surface area (Å²) in [6.07, 6.45) is 3.47. The Morgan fingerprint density at radius 3 is 2.64 bits per heavy atom. The van der Waals surface area contributed by atoms with Crippen LogP contribution in [0.3, 0.4) is 0 Å². The standard InChI is InChI=1S/C16H21F2NO3/c17-15(18)22-14-7-2-1-5-13(14)6-3-4-12-8-10-19(11-9-12)16(20)21/h1-2,5,7,12,15H,3-4,6,8-11H2,(H,20,21). The molecule has 1 amide bonds. The number of alkyl halides is 2. The minimum Gasteiger partial charge on any atom is -0.465 e. The number of nitrogens with zero attached hydrogens (tertiary/aromatic N) is 1. The van der Waals surface area contributed by atoms with Gasteiger partial charge in [0.05, 0.1) is 0 Å². The lowest BCUT2D eigenvalue weighted by molar-refractivity contribution is -0.0504. The second-order valence-corrected chi connectivity index (χ2v) is 5.59. The van der Waals surface area contributed by atoms with Crippen LogP contribution in [0.1, 0.15) is 31.2 Å². The maximum Gasteiger partial charge on any atom is 0.407 e. The van der Waals surface area contributed by atoms with E-state index in [0.29, 0.717) is 25.4 Å². The molecule has 0 unspecified atom stereocenters. The molecule has 1 aliphatic heterocycles. The van der Waals surface area contributed by atoms with Gasteiger partial charge in [-0.05, 0) is 49.7 Å². The Kier molecular flexibility index (Phi) is 5.98. The molecule has 1 aromatic carbocycles. The molecule has 1 heterocycles. The number of ether oxygens (including phenoxy) is 1. The van der Waals surface area contributed by atoms with Crippen LogP contribution in [0, 0.1) is 5.92 Å². The van der Waals surface area contributed by atoms with E-state index in [1.165, 1.54) is 4.90 Å². The number of piperidine rings is 1. The van der Waals surface area contributed by atoms with Crippen molar-refractivity contribution in [3.8, 4) is 5.75 Å². The zero-order valence-electron chi connectivity index (χ0n) is 12.4. The number of carbonyl (C=O) groups is 1. The highest BCUT2D eigenvalue weighted by Crippen LogP contribution is 2.26. The second-order valence-electron chi connectivity index (χ2n) is 5.59. The Labute approximate surface area is 128 Å². The average Bonchev–Trinajstić information content (AvgIpc) is 2.49. The van der Waals surface area contributed by atoms with E-state index in [1.807, 2.05) is 12.1 Å². The molecule has 1 fully saturated rings. The van der Waals surface area contributed by atoms with E-state index in [0.717, 1.165) is 31.2 Å². The lowest BCUT2D eigenvalue weighted by Crippen LogP contribution is -2.37. The van der Waals surface area contributed by atoms with Crippen molar-refractivity contribution in [3.63, 3.8) is 0 Å². The summed E-state index contributed by atoms with van der Waals surface area (Å²) in [5.41, 5.74) is 0.797. The molecule has 6 heteroatoms. The smallest absolute Gasteiger partial charge is 0.407 e. The van der Waals surface area contributed by atoms with Gasteiger partial charge in [0.1, 0.15) is 5.75 Å². The molecule has 1 aromatic rings. The molecule has 1 saturated heterocycles. The van der Waals surface area contributed by atoms with Gasteiger partial charge in [-0.3, -0.25) is 0 Å². The van der Waals surface area contributed by atoms with Gasteiger partial charge in [-0.1, -0.05) is 18.2 Å². The van der Waals surface area contributed by atoms with Crippen LogP contribution < -0.4 is 4.74 Å². The van der Waals surface area contributed by atoms with Gasteiger partial charge in [0.25, 0.3) is 0 Å². The molecule has 4 nitrogen and oxygen atoms in total. The van der Waals surface area contributed by atoms with E-state index >= 15 is 0 Å². The Morgan fingerprint density at radius 1 is 1.32 bits per heavy atom. The lowest BCUT2D eigenvalue weighted by Gasteiger charge is -2.30. The van der Waals surface area contributed by atoms with Gasteiger partial charge in [0, 0.05) is 13.1 Å². The molecule has 0 spiro atoms. The number of halogens is 2. The van der Waals surface area contributed by atoms with Gasteiger partial charge in [0.2, 0.25) is 0 Å². The van der Waals surface area contributed by atoms with Crippen LogP contribution in [0.25, 0.3) is 0 Å². The van der Waals surface area contributed by atoms with Crippen molar-refractivity contribution >= 4 is 6.09 Å². The van der Waals surface area contributed by atoms with Crippen molar-refractivity contribution < 1.29 is 23.4 Å². The minimum atomic E-state index is -2.80. The molecule has 0 aliphatic carbocycles. The fraction of sp³-hybridized carbons (Fsp3) is 0.562. The van der Waals surface area contributed by atoms with Crippen LogP contribution >= 0.6 is 0 Å². The Morgan fingerprint density at radius 2 is 2.00 bits per heavy atom. The van der Waals surface area contributed by atoms with E-state index in [-0.39, 0.29) is 5.75 Å². The third-order valence-corrected chi connectivity index (χ3v) is 4.13. The number of aryl methyl sites for hydroxylation is 1. The van der Waals surface area contributed by atoms with Crippen LogP contribution in [0.15, 0.2) is 24.3 Å². The topological polar surface area (TPSA) is 49.8 Å². The highest BCUT2D eigenvalue weighted by molar-refractivity contribution is 5.64. The van der Waals surface area contributed by atoms with Gasteiger partial charge in [-0.2, -0.15) is 8.78 Å². The number of carboxylic acid groups (broad SMARTS) is 1. The number of amides is 1. The number of hydrogen-bond acceptors (Lipinski definition) is 2. The maximum absolute atomic E-state index is 12.3. The van der Waals surface area contributed by atoms with Crippen LogP contribution in [0.5, 0.6) is 5.75 Å². The Bertz CT molecular complexity index is 488. The van der Waals surface area contributed by atoms with Gasteiger partial charge in [-0.25, -0.2) is 4.79 Å². The van der Waals surface area contributed by atoms with Gasteiger partial charge >= 0.3 is 12.7 Å². The fourth-order valence-electron chi connectivity index (χ4n) is 2.92. The van der Waals surface area contributed by atoms with Crippen molar-refractivity contribution in [2.24, 2.45) is 5.92 Å². The number of rotatable bonds is 6. The van der Waals surface area contributed by atoms with Crippen molar-refractivity contribution in [2.75, 3.05) is 13.1 Å². The van der Waals surface area contributed by atoms with Crippen molar-refractivity contribution in [2.45, 2.75) is 38.7 Å². The lowest BCUT2D eigenvalue weighted by atomic mass is 9.91. The number of benzene rings is 1. The van der Waals surface area contributed by atoms with E-state index in [1.54, 1.807) is 12.1 Å². The molecule has 0 aromatic heterocycles. The first-order valence-electron chi connectivity index (χ1n) is 7.57. The summed E-state index contributed by atoms with van der Waals surface area (Å²) in [6.45, 7) is -1.63. The SMILES string of the molecule is O=C(O)N1CCC(CCCc2ccccc2OC(F)F)CC1. The largest absolute Gasteiger partial charge is 0.465 e. The highest BCUT2D eigenvalue weighted by Gasteiger charge is 2.21. The summed E-state index contributed by atoms with van der Waals surface area (Å²) < 4.78 is 29.2. The Balaban J connectivity index is 1.76.